The van der Waals surface area contributed by atoms with Gasteiger partial charge in [-0.15, -0.1) is 0 Å². The molecule has 1 fully saturated rings. The van der Waals surface area contributed by atoms with Gasteiger partial charge in [0.15, 0.2) is 5.03 Å². The van der Waals surface area contributed by atoms with E-state index in [1.54, 1.807) is 6.92 Å². The number of morpholine rings is 1. The number of aromatic nitrogens is 2. The van der Waals surface area contributed by atoms with Gasteiger partial charge in [-0.3, -0.25) is 5.10 Å². The van der Waals surface area contributed by atoms with E-state index in [1.807, 2.05) is 27.7 Å². The highest BCUT2D eigenvalue weighted by atomic mass is 32.2. The molecule has 2 rings (SSSR count). The highest BCUT2D eigenvalue weighted by Crippen LogP contribution is 2.32. The maximum Gasteiger partial charge on any atom is 0.262 e. The largest absolute Gasteiger partial charge is 0.367 e. The van der Waals surface area contributed by atoms with Crippen LogP contribution < -0.4 is 5.73 Å². The standard InChI is InChI=1S/C13H24N4O3S/c1-9-10(6-14)11(16-15-9)21(18,19)17-7-12(2,3)20-13(4,5)8-17/h6-8,14H2,1-5H3,(H,15,16). The van der Waals surface area contributed by atoms with Crippen LogP contribution in [-0.4, -0.2) is 47.2 Å². The molecule has 1 aromatic rings. The van der Waals surface area contributed by atoms with Crippen molar-refractivity contribution in [3.63, 3.8) is 0 Å². The molecule has 7 nitrogen and oxygen atoms in total. The zero-order chi connectivity index (χ0) is 16.1. The number of nitrogens with two attached hydrogens (primary N) is 1. The van der Waals surface area contributed by atoms with E-state index in [2.05, 4.69) is 10.2 Å². The number of rotatable bonds is 3. The molecule has 1 aromatic heterocycles. The van der Waals surface area contributed by atoms with E-state index in [0.29, 0.717) is 11.3 Å². The fraction of sp³-hybridized carbons (Fsp3) is 0.769. The van der Waals surface area contributed by atoms with Gasteiger partial charge in [0.1, 0.15) is 0 Å². The summed E-state index contributed by atoms with van der Waals surface area (Å²) in [6.45, 7) is 10.0. The van der Waals surface area contributed by atoms with E-state index in [9.17, 15) is 8.42 Å². The number of aryl methyl sites for hydroxylation is 1. The number of hydrogen-bond donors (Lipinski definition) is 2. The molecule has 1 saturated heterocycles. The van der Waals surface area contributed by atoms with Crippen LogP contribution in [0.1, 0.15) is 39.0 Å². The summed E-state index contributed by atoms with van der Waals surface area (Å²) in [5, 5.41) is 6.69. The summed E-state index contributed by atoms with van der Waals surface area (Å²) in [6.07, 6.45) is 0. The van der Waals surface area contributed by atoms with Crippen LogP contribution in [0, 0.1) is 6.92 Å². The van der Waals surface area contributed by atoms with Crippen molar-refractivity contribution in [2.45, 2.75) is 57.4 Å². The predicted octanol–water partition coefficient (Wildman–Crippen LogP) is 0.755. The molecule has 0 atom stereocenters. The molecule has 0 amide bonds. The van der Waals surface area contributed by atoms with Gasteiger partial charge >= 0.3 is 0 Å². The molecule has 0 aromatic carbocycles. The number of nitrogens with one attached hydrogen (secondary N) is 1. The van der Waals surface area contributed by atoms with Gasteiger partial charge in [-0.1, -0.05) is 0 Å². The Hall–Kier alpha value is -0.960. The summed E-state index contributed by atoms with van der Waals surface area (Å²) in [5.41, 5.74) is 5.78. The van der Waals surface area contributed by atoms with Crippen LogP contribution in [0.3, 0.4) is 0 Å². The number of nitrogens with zero attached hydrogens (tertiary/aromatic N) is 2. The third-order valence-electron chi connectivity index (χ3n) is 3.49. The fourth-order valence-electron chi connectivity index (χ4n) is 2.89. The summed E-state index contributed by atoms with van der Waals surface area (Å²) in [4.78, 5) is 0. The van der Waals surface area contributed by atoms with Gasteiger partial charge < -0.3 is 10.5 Å². The van der Waals surface area contributed by atoms with Crippen molar-refractivity contribution in [3.05, 3.63) is 11.3 Å². The quantitative estimate of drug-likeness (QED) is 0.857. The molecule has 21 heavy (non-hydrogen) atoms. The zero-order valence-electron chi connectivity index (χ0n) is 13.2. The first-order valence-corrected chi connectivity index (χ1v) is 8.37. The Balaban J connectivity index is 2.44. The highest BCUT2D eigenvalue weighted by Gasteiger charge is 2.44. The van der Waals surface area contributed by atoms with Gasteiger partial charge in [0.05, 0.1) is 11.2 Å². The molecule has 1 aliphatic rings. The summed E-state index contributed by atoms with van der Waals surface area (Å²) in [6, 6.07) is 0. The number of H-pyrrole nitrogens is 1. The molecular weight excluding hydrogens is 292 g/mol. The van der Waals surface area contributed by atoms with Gasteiger partial charge in [-0.25, -0.2) is 8.42 Å². The molecule has 1 aliphatic heterocycles. The van der Waals surface area contributed by atoms with E-state index in [4.69, 9.17) is 10.5 Å². The van der Waals surface area contributed by atoms with Crippen LogP contribution in [-0.2, 0) is 21.3 Å². The van der Waals surface area contributed by atoms with Gasteiger partial charge in [-0.2, -0.15) is 9.40 Å². The van der Waals surface area contributed by atoms with Crippen LogP contribution in [0.25, 0.3) is 0 Å². The molecule has 0 unspecified atom stereocenters. The second kappa shape index (κ2) is 5.05. The molecule has 120 valence electrons. The van der Waals surface area contributed by atoms with Crippen molar-refractivity contribution in [3.8, 4) is 0 Å². The van der Waals surface area contributed by atoms with Gasteiger partial charge in [-0.05, 0) is 34.6 Å². The summed E-state index contributed by atoms with van der Waals surface area (Å²) < 4.78 is 33.1. The molecule has 8 heteroatoms. The number of sulfonamides is 1. The van der Waals surface area contributed by atoms with Gasteiger partial charge in [0.25, 0.3) is 10.0 Å². The molecule has 3 N–H and O–H groups in total. The van der Waals surface area contributed by atoms with Crippen molar-refractivity contribution in [2.24, 2.45) is 5.73 Å². The molecule has 0 bridgehead atoms. The van der Waals surface area contributed by atoms with E-state index in [1.165, 1.54) is 4.31 Å². The first kappa shape index (κ1) is 16.4. The first-order valence-electron chi connectivity index (χ1n) is 6.93. The van der Waals surface area contributed by atoms with Crippen LogP contribution in [0.2, 0.25) is 0 Å². The lowest BCUT2D eigenvalue weighted by molar-refractivity contribution is -0.164. The number of aromatic amines is 1. The minimum Gasteiger partial charge on any atom is -0.367 e. The van der Waals surface area contributed by atoms with E-state index >= 15 is 0 Å². The van der Waals surface area contributed by atoms with Crippen LogP contribution >= 0.6 is 0 Å². The molecule has 0 spiro atoms. The summed E-state index contributed by atoms with van der Waals surface area (Å²) in [5.74, 6) is 0. The molecule has 0 radical (unpaired) electrons. The maximum atomic E-state index is 12.9. The Kier molecular flexibility index (Phi) is 3.94. The predicted molar refractivity (Wildman–Crippen MR) is 79.2 cm³/mol. The monoisotopic (exact) mass is 316 g/mol. The topological polar surface area (TPSA) is 101 Å². The smallest absolute Gasteiger partial charge is 0.262 e. The lowest BCUT2D eigenvalue weighted by Gasteiger charge is -2.46. The first-order chi connectivity index (χ1) is 9.48. The molecule has 0 aliphatic carbocycles. The number of ether oxygens (including phenoxy) is 1. The Bertz CT molecular complexity index is 618. The van der Waals surface area contributed by atoms with Crippen molar-refractivity contribution >= 4 is 10.0 Å². The Morgan fingerprint density at radius 2 is 1.81 bits per heavy atom. The zero-order valence-corrected chi connectivity index (χ0v) is 14.0. The van der Waals surface area contributed by atoms with Gasteiger partial charge in [0.2, 0.25) is 0 Å². The second-order valence-corrected chi connectivity index (χ2v) is 8.58. The Morgan fingerprint density at radius 1 is 1.29 bits per heavy atom. The van der Waals surface area contributed by atoms with Crippen LogP contribution in [0.5, 0.6) is 0 Å². The van der Waals surface area contributed by atoms with E-state index in [0.717, 1.165) is 0 Å². The average molecular weight is 316 g/mol. The van der Waals surface area contributed by atoms with Gasteiger partial charge in [0, 0.05) is 30.9 Å². The summed E-state index contributed by atoms with van der Waals surface area (Å²) in [7, 11) is -3.70. The Labute approximate surface area is 125 Å². The van der Waals surface area contributed by atoms with Crippen LogP contribution in [0.15, 0.2) is 5.03 Å². The van der Waals surface area contributed by atoms with Crippen molar-refractivity contribution in [1.29, 1.82) is 0 Å². The summed E-state index contributed by atoms with van der Waals surface area (Å²) >= 11 is 0. The number of hydrogen-bond acceptors (Lipinski definition) is 5. The third-order valence-corrected chi connectivity index (χ3v) is 5.26. The van der Waals surface area contributed by atoms with Crippen LogP contribution in [0.4, 0.5) is 0 Å². The fourth-order valence-corrected chi connectivity index (χ4v) is 4.81. The third kappa shape index (κ3) is 3.13. The van der Waals surface area contributed by atoms with Crippen molar-refractivity contribution in [2.75, 3.05) is 13.1 Å². The SMILES string of the molecule is Cc1[nH]nc(S(=O)(=O)N2CC(C)(C)OC(C)(C)C2)c1CN. The van der Waals surface area contributed by atoms with E-state index < -0.39 is 21.2 Å². The minimum atomic E-state index is -3.70. The highest BCUT2D eigenvalue weighted by molar-refractivity contribution is 7.89. The second-order valence-electron chi connectivity index (χ2n) is 6.73. The molecule has 0 saturated carbocycles. The lowest BCUT2D eigenvalue weighted by Crippen LogP contribution is -2.58. The maximum absolute atomic E-state index is 12.9. The van der Waals surface area contributed by atoms with E-state index in [-0.39, 0.29) is 24.7 Å². The average Bonchev–Trinajstić information content (AvgIpc) is 2.66. The molecular formula is C13H24N4O3S. The van der Waals surface area contributed by atoms with Crippen molar-refractivity contribution < 1.29 is 13.2 Å². The Morgan fingerprint density at radius 3 is 2.29 bits per heavy atom. The lowest BCUT2D eigenvalue weighted by atomic mass is 10.0. The normalized spacial score (nSPS) is 22.4. The molecule has 2 heterocycles. The van der Waals surface area contributed by atoms with Crippen molar-refractivity contribution in [1.82, 2.24) is 14.5 Å². The minimum absolute atomic E-state index is 0.0241.